The topological polar surface area (TPSA) is 55.3 Å². The van der Waals surface area contributed by atoms with E-state index >= 15 is 0 Å². The molecule has 0 spiro atoms. The van der Waals surface area contributed by atoms with Crippen molar-refractivity contribution in [1.29, 1.82) is 0 Å². The highest BCUT2D eigenvalue weighted by molar-refractivity contribution is 5.97. The Kier molecular flexibility index (Phi) is 4.65. The largest absolute Gasteiger partial charge is 0.492 e. The zero-order chi connectivity index (χ0) is 16.9. The summed E-state index contributed by atoms with van der Waals surface area (Å²) in [6.45, 7) is 0.732. The standard InChI is InChI=1S/C18H16FN3O2/c1-22(10-11-24-15-5-3-14(19)4-6-15)18(23)13-2-7-16-17(12-13)21-9-8-20-16/h2-9,12H,10-11H2,1H3. The number of carbonyl (C=O) groups excluding carboxylic acids is 1. The highest BCUT2D eigenvalue weighted by Crippen LogP contribution is 2.13. The molecule has 0 aliphatic heterocycles. The molecule has 1 heterocycles. The quantitative estimate of drug-likeness (QED) is 0.724. The fourth-order valence-corrected chi connectivity index (χ4v) is 2.25. The number of amides is 1. The van der Waals surface area contributed by atoms with Gasteiger partial charge in [0.15, 0.2) is 0 Å². The van der Waals surface area contributed by atoms with Crippen molar-refractivity contribution in [2.75, 3.05) is 20.2 Å². The van der Waals surface area contributed by atoms with Crippen molar-refractivity contribution in [3.05, 3.63) is 66.2 Å². The van der Waals surface area contributed by atoms with Crippen molar-refractivity contribution in [3.63, 3.8) is 0 Å². The molecule has 0 N–H and O–H groups in total. The third-order valence-electron chi connectivity index (χ3n) is 3.57. The fraction of sp³-hybridized carbons (Fsp3) is 0.167. The Hall–Kier alpha value is -3.02. The summed E-state index contributed by atoms with van der Waals surface area (Å²) in [6, 6.07) is 11.0. The van der Waals surface area contributed by atoms with E-state index in [2.05, 4.69) is 9.97 Å². The van der Waals surface area contributed by atoms with Crippen molar-refractivity contribution in [1.82, 2.24) is 14.9 Å². The van der Waals surface area contributed by atoms with Gasteiger partial charge in [-0.05, 0) is 42.5 Å². The van der Waals surface area contributed by atoms with Crippen LogP contribution in [0.15, 0.2) is 54.9 Å². The molecule has 0 aliphatic rings. The Morgan fingerprint density at radius 2 is 1.79 bits per heavy atom. The summed E-state index contributed by atoms with van der Waals surface area (Å²) in [5.74, 6) is 0.137. The number of likely N-dealkylation sites (N-methyl/N-ethyl adjacent to an activating group) is 1. The maximum atomic E-state index is 12.8. The van der Waals surface area contributed by atoms with E-state index in [0.717, 1.165) is 5.52 Å². The van der Waals surface area contributed by atoms with Crippen molar-refractivity contribution in [2.24, 2.45) is 0 Å². The van der Waals surface area contributed by atoms with E-state index in [-0.39, 0.29) is 11.7 Å². The average molecular weight is 325 g/mol. The first-order valence-corrected chi connectivity index (χ1v) is 7.48. The van der Waals surface area contributed by atoms with Crippen LogP contribution in [0.2, 0.25) is 0 Å². The fourth-order valence-electron chi connectivity index (χ4n) is 2.25. The first-order chi connectivity index (χ1) is 11.6. The molecule has 24 heavy (non-hydrogen) atoms. The van der Waals surface area contributed by atoms with Crippen LogP contribution in [0.5, 0.6) is 5.75 Å². The molecule has 3 aromatic rings. The Morgan fingerprint density at radius 3 is 2.54 bits per heavy atom. The van der Waals surface area contributed by atoms with E-state index in [0.29, 0.717) is 30.0 Å². The van der Waals surface area contributed by atoms with Crippen LogP contribution in [-0.4, -0.2) is 41.0 Å². The molecular weight excluding hydrogens is 309 g/mol. The molecule has 0 bridgehead atoms. The Labute approximate surface area is 138 Å². The van der Waals surface area contributed by atoms with E-state index in [1.54, 1.807) is 54.7 Å². The molecular formula is C18H16FN3O2. The summed E-state index contributed by atoms with van der Waals surface area (Å²) in [5, 5.41) is 0. The summed E-state index contributed by atoms with van der Waals surface area (Å²) in [5.41, 5.74) is 1.97. The van der Waals surface area contributed by atoms with E-state index in [9.17, 15) is 9.18 Å². The normalized spacial score (nSPS) is 10.6. The molecule has 0 unspecified atom stereocenters. The predicted molar refractivity (Wildman–Crippen MR) is 88.4 cm³/mol. The number of aromatic nitrogens is 2. The Bertz CT molecular complexity index is 852. The maximum Gasteiger partial charge on any atom is 0.253 e. The van der Waals surface area contributed by atoms with Gasteiger partial charge in [0.1, 0.15) is 18.2 Å². The van der Waals surface area contributed by atoms with E-state index in [1.807, 2.05) is 0 Å². The average Bonchev–Trinajstić information content (AvgIpc) is 2.62. The van der Waals surface area contributed by atoms with Crippen LogP contribution >= 0.6 is 0 Å². The smallest absolute Gasteiger partial charge is 0.253 e. The number of fused-ring (bicyclic) bond motifs is 1. The van der Waals surface area contributed by atoms with Gasteiger partial charge in [0.25, 0.3) is 5.91 Å². The van der Waals surface area contributed by atoms with Gasteiger partial charge in [0, 0.05) is 25.0 Å². The summed E-state index contributed by atoms with van der Waals surface area (Å²) < 4.78 is 18.3. The van der Waals surface area contributed by atoms with Gasteiger partial charge in [-0.1, -0.05) is 0 Å². The second-order valence-electron chi connectivity index (χ2n) is 5.29. The molecule has 2 aromatic carbocycles. The Morgan fingerprint density at radius 1 is 1.08 bits per heavy atom. The van der Waals surface area contributed by atoms with E-state index in [1.165, 1.54) is 12.1 Å². The monoisotopic (exact) mass is 325 g/mol. The molecule has 5 nitrogen and oxygen atoms in total. The van der Waals surface area contributed by atoms with Crippen molar-refractivity contribution < 1.29 is 13.9 Å². The van der Waals surface area contributed by atoms with Gasteiger partial charge >= 0.3 is 0 Å². The molecule has 1 amide bonds. The van der Waals surface area contributed by atoms with Crippen molar-refractivity contribution in [3.8, 4) is 5.75 Å². The minimum atomic E-state index is -0.311. The van der Waals surface area contributed by atoms with Gasteiger partial charge in [-0.2, -0.15) is 0 Å². The van der Waals surface area contributed by atoms with Crippen molar-refractivity contribution >= 4 is 16.9 Å². The molecule has 0 aliphatic carbocycles. The number of halogens is 1. The zero-order valence-corrected chi connectivity index (χ0v) is 13.1. The SMILES string of the molecule is CN(CCOc1ccc(F)cc1)C(=O)c1ccc2nccnc2c1. The first-order valence-electron chi connectivity index (χ1n) is 7.48. The van der Waals surface area contributed by atoms with Gasteiger partial charge in [-0.25, -0.2) is 4.39 Å². The number of hydrogen-bond donors (Lipinski definition) is 0. The third kappa shape index (κ3) is 3.65. The Balaban J connectivity index is 1.60. The van der Waals surface area contributed by atoms with Gasteiger partial charge in [-0.15, -0.1) is 0 Å². The van der Waals surface area contributed by atoms with Gasteiger partial charge in [0.2, 0.25) is 0 Å². The first kappa shape index (κ1) is 15.9. The molecule has 122 valence electrons. The molecule has 3 rings (SSSR count). The summed E-state index contributed by atoms with van der Waals surface area (Å²) in [7, 11) is 1.71. The molecule has 1 aromatic heterocycles. The second-order valence-corrected chi connectivity index (χ2v) is 5.29. The van der Waals surface area contributed by atoms with Crippen LogP contribution in [-0.2, 0) is 0 Å². The van der Waals surface area contributed by atoms with Crippen LogP contribution in [0.1, 0.15) is 10.4 Å². The van der Waals surface area contributed by atoms with Crippen LogP contribution in [0.4, 0.5) is 4.39 Å². The van der Waals surface area contributed by atoms with Crippen LogP contribution in [0.3, 0.4) is 0 Å². The number of ether oxygens (including phenoxy) is 1. The number of hydrogen-bond acceptors (Lipinski definition) is 4. The number of carbonyl (C=O) groups is 1. The maximum absolute atomic E-state index is 12.8. The lowest BCUT2D eigenvalue weighted by molar-refractivity contribution is 0.0774. The van der Waals surface area contributed by atoms with E-state index in [4.69, 9.17) is 4.74 Å². The zero-order valence-electron chi connectivity index (χ0n) is 13.1. The lowest BCUT2D eigenvalue weighted by atomic mass is 10.1. The van der Waals surface area contributed by atoms with Gasteiger partial charge < -0.3 is 9.64 Å². The summed E-state index contributed by atoms with van der Waals surface area (Å²) in [6.07, 6.45) is 3.21. The molecule has 0 saturated heterocycles. The number of benzene rings is 2. The third-order valence-corrected chi connectivity index (χ3v) is 3.57. The summed E-state index contributed by atoms with van der Waals surface area (Å²) >= 11 is 0. The molecule has 0 saturated carbocycles. The second kappa shape index (κ2) is 7.04. The lowest BCUT2D eigenvalue weighted by Crippen LogP contribution is -2.30. The predicted octanol–water partition coefficient (Wildman–Crippen LogP) is 2.92. The molecule has 0 fully saturated rings. The van der Waals surface area contributed by atoms with Crippen molar-refractivity contribution in [2.45, 2.75) is 0 Å². The number of nitrogens with zero attached hydrogens (tertiary/aromatic N) is 3. The van der Waals surface area contributed by atoms with Crippen LogP contribution in [0.25, 0.3) is 11.0 Å². The molecule has 0 atom stereocenters. The van der Waals surface area contributed by atoms with Crippen LogP contribution < -0.4 is 4.74 Å². The van der Waals surface area contributed by atoms with Crippen LogP contribution in [0, 0.1) is 5.82 Å². The minimum absolute atomic E-state index is 0.120. The molecule has 0 radical (unpaired) electrons. The van der Waals surface area contributed by atoms with Gasteiger partial charge in [-0.3, -0.25) is 14.8 Å². The van der Waals surface area contributed by atoms with Gasteiger partial charge in [0.05, 0.1) is 17.6 Å². The summed E-state index contributed by atoms with van der Waals surface area (Å²) in [4.78, 5) is 22.4. The molecule has 6 heteroatoms. The highest BCUT2D eigenvalue weighted by atomic mass is 19.1. The van der Waals surface area contributed by atoms with E-state index < -0.39 is 0 Å². The number of rotatable bonds is 5. The highest BCUT2D eigenvalue weighted by Gasteiger charge is 2.12. The lowest BCUT2D eigenvalue weighted by Gasteiger charge is -2.17. The minimum Gasteiger partial charge on any atom is -0.492 e.